The van der Waals surface area contributed by atoms with E-state index in [1.54, 1.807) is 0 Å². The van der Waals surface area contributed by atoms with Crippen LogP contribution in [0.2, 0.25) is 0 Å². The van der Waals surface area contributed by atoms with Crippen LogP contribution in [0.1, 0.15) is 5.56 Å². The second-order valence-electron chi connectivity index (χ2n) is 9.72. The van der Waals surface area contributed by atoms with Crippen LogP contribution in [0.5, 0.6) is 23.0 Å². The molecule has 0 saturated carbocycles. The fraction of sp³-hybridized carbons (Fsp3) is 0.200. The molecule has 204 valence electrons. The molecule has 0 aliphatic carbocycles. The summed E-state index contributed by atoms with van der Waals surface area (Å²) in [5.74, 6) is 0.0251. The maximum absolute atomic E-state index is 13.2. The predicted molar refractivity (Wildman–Crippen MR) is 152 cm³/mol. The fourth-order valence-corrected chi connectivity index (χ4v) is 4.73. The van der Waals surface area contributed by atoms with Crippen LogP contribution < -0.4 is 25.4 Å². The van der Waals surface area contributed by atoms with Gasteiger partial charge in [-0.25, -0.2) is 0 Å². The van der Waals surface area contributed by atoms with Crippen molar-refractivity contribution in [1.29, 1.82) is 0 Å². The van der Waals surface area contributed by atoms with Crippen molar-refractivity contribution in [1.82, 2.24) is 15.1 Å². The molecule has 1 saturated heterocycles. The predicted octanol–water partition coefficient (Wildman–Crippen LogP) is 4.31. The third kappa shape index (κ3) is 5.04. The molecule has 0 bridgehead atoms. The molecule has 1 aliphatic rings. The van der Waals surface area contributed by atoms with Crippen LogP contribution in [0.4, 0.5) is 5.69 Å². The highest BCUT2D eigenvalue weighted by Crippen LogP contribution is 2.43. The van der Waals surface area contributed by atoms with Gasteiger partial charge in [-0.2, -0.15) is 0 Å². The Bertz CT molecular complexity index is 1750. The molecular weight excluding hydrogens is 512 g/mol. The van der Waals surface area contributed by atoms with E-state index in [0.29, 0.717) is 5.56 Å². The SMILES string of the molecule is CN1CCN(c2ccc(-c3cc(=O)c4c(O)cc(OCc5ccccc5)c(Oc5c[nH][nH]c5=O)c4o3)cc2)CC1. The Labute approximate surface area is 229 Å². The molecule has 6 rings (SSSR count). The lowest BCUT2D eigenvalue weighted by Crippen LogP contribution is -2.44. The molecular formula is C30H28N4O6. The third-order valence-corrected chi connectivity index (χ3v) is 6.98. The van der Waals surface area contributed by atoms with Crippen molar-refractivity contribution in [3.63, 3.8) is 0 Å². The number of nitrogens with one attached hydrogen (secondary N) is 2. The van der Waals surface area contributed by atoms with Gasteiger partial charge in [0.25, 0.3) is 0 Å². The van der Waals surface area contributed by atoms with Gasteiger partial charge in [-0.15, -0.1) is 0 Å². The molecule has 0 radical (unpaired) electrons. The molecule has 3 N–H and O–H groups in total. The van der Waals surface area contributed by atoms with Crippen LogP contribution in [-0.2, 0) is 6.61 Å². The lowest BCUT2D eigenvalue weighted by Gasteiger charge is -2.34. The molecule has 1 fully saturated rings. The van der Waals surface area contributed by atoms with Gasteiger partial charge in [0.2, 0.25) is 11.5 Å². The number of rotatable bonds is 7. The first kappa shape index (κ1) is 25.3. The summed E-state index contributed by atoms with van der Waals surface area (Å²) < 4.78 is 18.1. The molecule has 10 nitrogen and oxygen atoms in total. The second-order valence-corrected chi connectivity index (χ2v) is 9.72. The minimum absolute atomic E-state index is 0.00170. The summed E-state index contributed by atoms with van der Waals surface area (Å²) in [6.07, 6.45) is 1.35. The van der Waals surface area contributed by atoms with E-state index >= 15 is 0 Å². The van der Waals surface area contributed by atoms with Crippen molar-refractivity contribution in [2.75, 3.05) is 38.1 Å². The highest BCUT2D eigenvalue weighted by Gasteiger charge is 2.23. The minimum atomic E-state index is -0.506. The van der Waals surface area contributed by atoms with E-state index < -0.39 is 11.0 Å². The van der Waals surface area contributed by atoms with Gasteiger partial charge in [0.1, 0.15) is 23.5 Å². The van der Waals surface area contributed by atoms with Crippen molar-refractivity contribution < 1.29 is 19.0 Å². The zero-order chi connectivity index (χ0) is 27.6. The van der Waals surface area contributed by atoms with E-state index in [-0.39, 0.29) is 46.3 Å². The van der Waals surface area contributed by atoms with Crippen LogP contribution in [0.3, 0.4) is 0 Å². The van der Waals surface area contributed by atoms with Gasteiger partial charge >= 0.3 is 5.56 Å². The fourth-order valence-electron chi connectivity index (χ4n) is 4.73. The number of H-pyrrole nitrogens is 2. The van der Waals surface area contributed by atoms with Crippen molar-refractivity contribution in [3.05, 3.63) is 99.1 Å². The number of anilines is 1. The number of phenolic OH excluding ortho intramolecular Hbond substituents is 1. The summed E-state index contributed by atoms with van der Waals surface area (Å²) >= 11 is 0. The molecule has 40 heavy (non-hydrogen) atoms. The van der Waals surface area contributed by atoms with E-state index in [1.165, 1.54) is 18.3 Å². The van der Waals surface area contributed by atoms with Crippen molar-refractivity contribution in [2.45, 2.75) is 6.61 Å². The van der Waals surface area contributed by atoms with Crippen LogP contribution >= 0.6 is 0 Å². The van der Waals surface area contributed by atoms with E-state index in [0.717, 1.165) is 37.4 Å². The first-order chi connectivity index (χ1) is 19.5. The maximum Gasteiger partial charge on any atom is 0.306 e. The van der Waals surface area contributed by atoms with Gasteiger partial charge in [0.05, 0.1) is 6.20 Å². The zero-order valence-corrected chi connectivity index (χ0v) is 21.8. The van der Waals surface area contributed by atoms with E-state index in [2.05, 4.69) is 27.0 Å². The summed E-state index contributed by atoms with van der Waals surface area (Å²) in [5.41, 5.74) is 1.65. The van der Waals surface area contributed by atoms with E-state index in [4.69, 9.17) is 13.9 Å². The second kappa shape index (κ2) is 10.7. The van der Waals surface area contributed by atoms with E-state index in [9.17, 15) is 14.7 Å². The first-order valence-corrected chi connectivity index (χ1v) is 12.9. The number of ether oxygens (including phenoxy) is 2. The summed E-state index contributed by atoms with van der Waals surface area (Å²) in [6, 6.07) is 19.9. The smallest absolute Gasteiger partial charge is 0.306 e. The zero-order valence-electron chi connectivity index (χ0n) is 21.8. The standard InChI is InChI=1S/C30H28N4O6/c1-33-11-13-34(14-12-33)21-9-7-20(8-10-21)24-15-22(35)27-23(36)16-25(38-18-19-5-3-2-4-6-19)28(29(27)39-24)40-26-17-31-32-30(26)37/h2-10,15-17,36H,11-14,18H2,1H3,(H2,31,32,37). The normalized spacial score (nSPS) is 14.0. The molecule has 1 aliphatic heterocycles. The summed E-state index contributed by atoms with van der Waals surface area (Å²) in [7, 11) is 2.11. The van der Waals surface area contributed by atoms with Gasteiger partial charge in [-0.1, -0.05) is 30.3 Å². The summed E-state index contributed by atoms with van der Waals surface area (Å²) in [6.45, 7) is 4.01. The number of aromatic nitrogens is 2. The number of nitrogens with zero attached hydrogens (tertiary/aromatic N) is 2. The molecule has 10 heteroatoms. The first-order valence-electron chi connectivity index (χ1n) is 12.9. The molecule has 2 aromatic heterocycles. The monoisotopic (exact) mass is 540 g/mol. The molecule has 0 atom stereocenters. The van der Waals surface area contributed by atoms with Crippen LogP contribution in [0.25, 0.3) is 22.3 Å². The number of benzene rings is 3. The Morgan fingerprint density at radius 2 is 1.70 bits per heavy atom. The minimum Gasteiger partial charge on any atom is -0.507 e. The number of phenols is 1. The summed E-state index contributed by atoms with van der Waals surface area (Å²) in [4.78, 5) is 30.1. The number of aromatic amines is 2. The number of likely N-dealkylation sites (N-methyl/N-ethyl adjacent to an activating group) is 1. The molecule has 3 heterocycles. The maximum atomic E-state index is 13.2. The Morgan fingerprint density at radius 3 is 2.40 bits per heavy atom. The molecule has 5 aromatic rings. The van der Waals surface area contributed by atoms with E-state index in [1.807, 2.05) is 54.6 Å². The van der Waals surface area contributed by atoms with Gasteiger partial charge in [-0.05, 0) is 36.9 Å². The Balaban J connectivity index is 1.42. The largest absolute Gasteiger partial charge is 0.507 e. The van der Waals surface area contributed by atoms with Crippen LogP contribution in [0.15, 0.2) is 86.9 Å². The molecule has 0 spiro atoms. The highest BCUT2D eigenvalue weighted by atomic mass is 16.5. The number of piperazine rings is 1. The molecule has 3 aromatic carbocycles. The molecule has 0 unspecified atom stereocenters. The van der Waals surface area contributed by atoms with Gasteiger partial charge in [0, 0.05) is 49.6 Å². The third-order valence-electron chi connectivity index (χ3n) is 6.98. The topological polar surface area (TPSA) is 124 Å². The number of aromatic hydroxyl groups is 1. The lowest BCUT2D eigenvalue weighted by atomic mass is 10.1. The number of fused-ring (bicyclic) bond motifs is 1. The van der Waals surface area contributed by atoms with Crippen molar-refractivity contribution >= 4 is 16.7 Å². The number of hydrogen-bond donors (Lipinski definition) is 3. The highest BCUT2D eigenvalue weighted by molar-refractivity contribution is 5.92. The van der Waals surface area contributed by atoms with Crippen LogP contribution in [0, 0.1) is 0 Å². The van der Waals surface area contributed by atoms with Crippen molar-refractivity contribution in [2.24, 2.45) is 0 Å². The number of hydrogen-bond acceptors (Lipinski definition) is 8. The van der Waals surface area contributed by atoms with Crippen LogP contribution in [-0.4, -0.2) is 53.4 Å². The van der Waals surface area contributed by atoms with Crippen molar-refractivity contribution in [3.8, 4) is 34.3 Å². The Hall–Kier alpha value is -4.96. The van der Waals surface area contributed by atoms with Gasteiger partial charge in [-0.3, -0.25) is 14.7 Å². The van der Waals surface area contributed by atoms with Gasteiger partial charge in [0.15, 0.2) is 16.8 Å². The Morgan fingerprint density at radius 1 is 0.950 bits per heavy atom. The summed E-state index contributed by atoms with van der Waals surface area (Å²) in [5, 5.41) is 15.7. The molecule has 0 amide bonds. The average Bonchev–Trinajstić information content (AvgIpc) is 3.38. The van der Waals surface area contributed by atoms with Gasteiger partial charge < -0.3 is 33.9 Å². The lowest BCUT2D eigenvalue weighted by molar-refractivity contribution is 0.289. The quantitative estimate of drug-likeness (QED) is 0.279. The Kier molecular flexibility index (Phi) is 6.75. The average molecular weight is 541 g/mol.